The van der Waals surface area contributed by atoms with Gasteiger partial charge in [0.05, 0.1) is 17.8 Å². The summed E-state index contributed by atoms with van der Waals surface area (Å²) in [6.45, 7) is -0.593. The first-order valence-corrected chi connectivity index (χ1v) is 12.2. The fourth-order valence-electron chi connectivity index (χ4n) is 4.44. The number of hydrogen-bond donors (Lipinski definition) is 0. The third-order valence-electron chi connectivity index (χ3n) is 6.34. The number of nitrogens with zero attached hydrogens (tertiary/aromatic N) is 3. The lowest BCUT2D eigenvalue weighted by Gasteiger charge is -2.13. The zero-order chi connectivity index (χ0) is 29.5. The van der Waals surface area contributed by atoms with Crippen molar-refractivity contribution >= 4 is 16.8 Å². The summed E-state index contributed by atoms with van der Waals surface area (Å²) in [5.41, 5.74) is -0.998. The number of carbonyl (C=O) groups excluding carboxylic acids is 1. The van der Waals surface area contributed by atoms with Crippen molar-refractivity contribution in [1.82, 2.24) is 14.7 Å². The van der Waals surface area contributed by atoms with Gasteiger partial charge in [0.25, 0.3) is 5.91 Å². The average molecular weight is 570 g/mol. The van der Waals surface area contributed by atoms with Crippen LogP contribution < -0.4 is 4.74 Å². The molecule has 0 saturated heterocycles. The lowest BCUT2D eigenvalue weighted by Crippen LogP contribution is -2.21. The molecule has 0 aliphatic heterocycles. The average Bonchev–Trinajstić information content (AvgIpc) is 3.28. The Bertz CT molecular complexity index is 1740. The van der Waals surface area contributed by atoms with Gasteiger partial charge in [0, 0.05) is 48.3 Å². The Morgan fingerprint density at radius 3 is 2.17 bits per heavy atom. The van der Waals surface area contributed by atoms with Crippen molar-refractivity contribution in [1.29, 1.82) is 0 Å². The Morgan fingerprint density at radius 1 is 0.878 bits per heavy atom. The van der Waals surface area contributed by atoms with E-state index in [1.54, 1.807) is 62.6 Å². The topological polar surface area (TPSA) is 47.4 Å². The second-order valence-electron chi connectivity index (χ2n) is 9.41. The Hall–Kier alpha value is -4.80. The molecule has 210 valence electrons. The van der Waals surface area contributed by atoms with Crippen LogP contribution in [-0.2, 0) is 12.7 Å². The largest absolute Gasteiger partial charge is 0.457 e. The van der Waals surface area contributed by atoms with Crippen molar-refractivity contribution in [3.63, 3.8) is 0 Å². The van der Waals surface area contributed by atoms with Crippen molar-refractivity contribution in [2.75, 3.05) is 14.1 Å². The summed E-state index contributed by atoms with van der Waals surface area (Å²) in [4.78, 5) is 13.7. The van der Waals surface area contributed by atoms with Crippen LogP contribution in [0.25, 0.3) is 22.2 Å². The number of carbonyl (C=O) groups is 1. The highest BCUT2D eigenvalue weighted by molar-refractivity contribution is 5.95. The minimum absolute atomic E-state index is 0.103. The smallest absolute Gasteiger partial charge is 0.418 e. The van der Waals surface area contributed by atoms with Gasteiger partial charge in [-0.25, -0.2) is 13.2 Å². The molecule has 0 spiro atoms. The lowest BCUT2D eigenvalue weighted by molar-refractivity contribution is -0.136. The third-order valence-corrected chi connectivity index (χ3v) is 6.34. The van der Waals surface area contributed by atoms with Gasteiger partial charge in [-0.2, -0.15) is 18.3 Å². The summed E-state index contributed by atoms with van der Waals surface area (Å²) >= 11 is 0. The molecule has 5 nitrogen and oxygen atoms in total. The molecule has 0 aliphatic rings. The van der Waals surface area contributed by atoms with Crippen LogP contribution in [0.3, 0.4) is 0 Å². The third kappa shape index (κ3) is 5.60. The molecule has 11 heteroatoms. The van der Waals surface area contributed by atoms with Crippen molar-refractivity contribution in [3.8, 4) is 22.8 Å². The molecule has 0 N–H and O–H groups in total. The van der Waals surface area contributed by atoms with Crippen LogP contribution in [0.2, 0.25) is 0 Å². The van der Waals surface area contributed by atoms with Gasteiger partial charge >= 0.3 is 6.18 Å². The predicted octanol–water partition coefficient (Wildman–Crippen LogP) is 7.68. The maximum Gasteiger partial charge on any atom is 0.418 e. The lowest BCUT2D eigenvalue weighted by atomic mass is 10.0. The van der Waals surface area contributed by atoms with Crippen LogP contribution >= 0.6 is 0 Å². The Balaban J connectivity index is 1.56. The number of aromatic nitrogens is 2. The SMILES string of the molecule is CN(C)C(=O)c1cccc(Oc2ccc(-c3c4cccc(C(F)(F)F)c4nn3Cc3c(F)cc(F)cc3F)cc2)c1. The fourth-order valence-corrected chi connectivity index (χ4v) is 4.44. The van der Waals surface area contributed by atoms with Crippen molar-refractivity contribution in [2.24, 2.45) is 0 Å². The first-order chi connectivity index (χ1) is 19.4. The number of halogens is 6. The van der Waals surface area contributed by atoms with E-state index in [4.69, 9.17) is 4.74 Å². The molecule has 0 radical (unpaired) electrons. The van der Waals surface area contributed by atoms with Gasteiger partial charge in [0.1, 0.15) is 34.5 Å². The maximum absolute atomic E-state index is 14.5. The second-order valence-corrected chi connectivity index (χ2v) is 9.41. The van der Waals surface area contributed by atoms with E-state index in [-0.39, 0.29) is 17.0 Å². The normalized spacial score (nSPS) is 11.6. The molecule has 5 aromatic rings. The predicted molar refractivity (Wildman–Crippen MR) is 140 cm³/mol. The van der Waals surface area contributed by atoms with E-state index < -0.39 is 46.8 Å². The highest BCUT2D eigenvalue weighted by Gasteiger charge is 2.34. The standard InChI is InChI=1S/C30H21F6N3O2/c1-38(2)29(40)18-5-3-6-21(13-18)41-20-11-9-17(10-12-20)28-22-7-4-8-24(30(34,35)36)27(22)37-39(28)16-23-25(32)14-19(31)15-26(23)33/h3-15H,16H2,1-2H3. The van der Waals surface area contributed by atoms with Crippen molar-refractivity contribution in [3.05, 3.63) is 113 Å². The summed E-state index contributed by atoms with van der Waals surface area (Å²) in [7, 11) is 3.25. The van der Waals surface area contributed by atoms with Gasteiger partial charge < -0.3 is 9.64 Å². The number of benzene rings is 4. The van der Waals surface area contributed by atoms with E-state index in [9.17, 15) is 31.1 Å². The molecular weight excluding hydrogens is 548 g/mol. The fraction of sp³-hybridized carbons (Fsp3) is 0.133. The van der Waals surface area contributed by atoms with Gasteiger partial charge in [-0.15, -0.1) is 0 Å². The minimum atomic E-state index is -4.73. The summed E-state index contributed by atoms with van der Waals surface area (Å²) in [6, 6.07) is 17.3. The van der Waals surface area contributed by atoms with Crippen LogP contribution in [0, 0.1) is 17.5 Å². The van der Waals surface area contributed by atoms with E-state index in [2.05, 4.69) is 5.10 Å². The number of fused-ring (bicyclic) bond motifs is 1. The quantitative estimate of drug-likeness (QED) is 0.197. The monoisotopic (exact) mass is 569 g/mol. The summed E-state index contributed by atoms with van der Waals surface area (Å²) in [6.07, 6.45) is -4.73. The highest BCUT2D eigenvalue weighted by atomic mass is 19.4. The molecule has 0 fully saturated rings. The van der Waals surface area contributed by atoms with Crippen LogP contribution in [0.1, 0.15) is 21.5 Å². The Kier molecular flexibility index (Phi) is 7.20. The van der Waals surface area contributed by atoms with Gasteiger partial charge in [-0.3, -0.25) is 9.48 Å². The summed E-state index contributed by atoms with van der Waals surface area (Å²) in [5.74, 6) is -2.96. The Morgan fingerprint density at radius 2 is 1.54 bits per heavy atom. The number of amides is 1. The van der Waals surface area contributed by atoms with Crippen LogP contribution in [0.5, 0.6) is 11.5 Å². The molecule has 0 bridgehead atoms. The summed E-state index contributed by atoms with van der Waals surface area (Å²) < 4.78 is 90.8. The molecular formula is C30H21F6N3O2. The molecule has 1 aromatic heterocycles. The molecule has 0 atom stereocenters. The van der Waals surface area contributed by atoms with Crippen LogP contribution in [0.15, 0.2) is 78.9 Å². The van der Waals surface area contributed by atoms with Gasteiger partial charge in [0.2, 0.25) is 0 Å². The van der Waals surface area contributed by atoms with E-state index in [1.165, 1.54) is 17.0 Å². The number of ether oxygens (including phenoxy) is 1. The van der Waals surface area contributed by atoms with Crippen molar-refractivity contribution in [2.45, 2.75) is 12.7 Å². The van der Waals surface area contributed by atoms with Gasteiger partial charge in [0.15, 0.2) is 0 Å². The first kappa shape index (κ1) is 27.8. The minimum Gasteiger partial charge on any atom is -0.457 e. The maximum atomic E-state index is 14.5. The first-order valence-electron chi connectivity index (χ1n) is 12.2. The van der Waals surface area contributed by atoms with Crippen LogP contribution in [0.4, 0.5) is 26.3 Å². The summed E-state index contributed by atoms with van der Waals surface area (Å²) in [5, 5.41) is 4.19. The molecule has 5 rings (SSSR count). The Labute approximate surface area is 230 Å². The molecule has 0 unspecified atom stereocenters. The van der Waals surface area contributed by atoms with E-state index in [1.807, 2.05) is 0 Å². The zero-order valence-electron chi connectivity index (χ0n) is 21.6. The van der Waals surface area contributed by atoms with E-state index in [0.29, 0.717) is 34.8 Å². The number of rotatable bonds is 6. The van der Waals surface area contributed by atoms with Crippen LogP contribution in [-0.4, -0.2) is 34.7 Å². The molecule has 41 heavy (non-hydrogen) atoms. The number of hydrogen-bond acceptors (Lipinski definition) is 3. The van der Waals surface area contributed by atoms with Crippen molar-refractivity contribution < 1.29 is 35.9 Å². The highest BCUT2D eigenvalue weighted by Crippen LogP contribution is 2.39. The molecule has 0 saturated carbocycles. The number of alkyl halides is 3. The van der Waals surface area contributed by atoms with E-state index >= 15 is 0 Å². The van der Waals surface area contributed by atoms with Gasteiger partial charge in [-0.05, 0) is 48.5 Å². The second kappa shape index (κ2) is 10.6. The molecule has 0 aliphatic carbocycles. The zero-order valence-corrected chi connectivity index (χ0v) is 21.6. The molecule has 4 aromatic carbocycles. The molecule has 1 amide bonds. The van der Waals surface area contributed by atoms with Gasteiger partial charge in [-0.1, -0.05) is 18.2 Å². The van der Waals surface area contributed by atoms with E-state index in [0.717, 1.165) is 10.7 Å². The molecule has 1 heterocycles.